The minimum absolute atomic E-state index is 0.0491. The summed E-state index contributed by atoms with van der Waals surface area (Å²) in [5, 5.41) is 0.486. The molecule has 0 radical (unpaired) electrons. The zero-order chi connectivity index (χ0) is 21.8. The smallest absolute Gasteiger partial charge is 0.336 e. The molecule has 158 valence electrons. The highest BCUT2D eigenvalue weighted by Crippen LogP contribution is 2.40. The van der Waals surface area contributed by atoms with Crippen molar-refractivity contribution >= 4 is 23.5 Å². The van der Waals surface area contributed by atoms with Crippen molar-refractivity contribution in [3.8, 4) is 0 Å². The number of ether oxygens (including phenoxy) is 1. The van der Waals surface area contributed by atoms with Gasteiger partial charge in [0.05, 0.1) is 18.7 Å². The second-order valence-corrected chi connectivity index (χ2v) is 8.25. The van der Waals surface area contributed by atoms with Crippen molar-refractivity contribution in [2.45, 2.75) is 39.7 Å². The molecule has 0 aromatic heterocycles. The number of benzene rings is 2. The molecular formula is C24H25ClFNO3. The maximum absolute atomic E-state index is 14.2. The molecule has 0 spiro atoms. The molecule has 2 aromatic carbocycles. The highest BCUT2D eigenvalue weighted by molar-refractivity contribution is 6.31. The minimum Gasteiger partial charge on any atom is -0.462 e. The van der Waals surface area contributed by atoms with E-state index >= 15 is 0 Å². The van der Waals surface area contributed by atoms with Crippen LogP contribution >= 0.6 is 11.6 Å². The summed E-state index contributed by atoms with van der Waals surface area (Å²) in [5.41, 5.74) is 1.94. The first kappa shape index (κ1) is 22.0. The van der Waals surface area contributed by atoms with E-state index in [-0.39, 0.29) is 31.4 Å². The number of halogens is 2. The van der Waals surface area contributed by atoms with Crippen LogP contribution in [-0.4, -0.2) is 23.4 Å². The summed E-state index contributed by atoms with van der Waals surface area (Å²) in [6, 6.07) is 13.5. The molecule has 0 fully saturated rings. The largest absolute Gasteiger partial charge is 0.462 e. The van der Waals surface area contributed by atoms with Crippen molar-refractivity contribution in [1.29, 1.82) is 0 Å². The number of hydrogen-bond acceptors (Lipinski definition) is 3. The van der Waals surface area contributed by atoms with Gasteiger partial charge in [0.2, 0.25) is 5.91 Å². The number of nitrogens with zero attached hydrogens (tertiary/aromatic N) is 1. The van der Waals surface area contributed by atoms with E-state index in [0.717, 1.165) is 0 Å². The Morgan fingerprint density at radius 2 is 1.87 bits per heavy atom. The van der Waals surface area contributed by atoms with E-state index in [1.165, 1.54) is 11.0 Å². The second kappa shape index (κ2) is 9.43. The molecule has 0 bridgehead atoms. The number of carbonyl (C=O) groups excluding carboxylic acids is 2. The molecule has 1 unspecified atom stereocenters. The van der Waals surface area contributed by atoms with Crippen molar-refractivity contribution in [2.24, 2.45) is 5.92 Å². The van der Waals surface area contributed by atoms with Crippen LogP contribution in [-0.2, 0) is 20.9 Å². The molecule has 0 aliphatic carbocycles. The molecule has 1 aliphatic rings. The maximum Gasteiger partial charge on any atom is 0.336 e. The van der Waals surface area contributed by atoms with Crippen LogP contribution in [0.5, 0.6) is 0 Å². The fraction of sp³-hybridized carbons (Fsp3) is 0.333. The predicted molar refractivity (Wildman–Crippen MR) is 114 cm³/mol. The van der Waals surface area contributed by atoms with Gasteiger partial charge in [-0.3, -0.25) is 4.79 Å². The summed E-state index contributed by atoms with van der Waals surface area (Å²) in [5.74, 6) is -1.40. The van der Waals surface area contributed by atoms with Crippen LogP contribution in [0, 0.1) is 11.7 Å². The molecule has 6 heteroatoms. The summed E-state index contributed by atoms with van der Waals surface area (Å²) in [4.78, 5) is 27.5. The van der Waals surface area contributed by atoms with Gasteiger partial charge < -0.3 is 9.64 Å². The topological polar surface area (TPSA) is 46.6 Å². The first-order valence-corrected chi connectivity index (χ1v) is 10.3. The first-order valence-electron chi connectivity index (χ1n) is 9.95. The number of rotatable bonds is 6. The van der Waals surface area contributed by atoms with E-state index in [0.29, 0.717) is 27.4 Å². The molecule has 1 aliphatic heterocycles. The number of amides is 1. The van der Waals surface area contributed by atoms with Gasteiger partial charge in [-0.1, -0.05) is 61.8 Å². The Labute approximate surface area is 181 Å². The molecule has 1 atom stereocenters. The fourth-order valence-electron chi connectivity index (χ4n) is 3.61. The number of hydrogen-bond donors (Lipinski definition) is 0. The van der Waals surface area contributed by atoms with Crippen LogP contribution in [0.25, 0.3) is 0 Å². The van der Waals surface area contributed by atoms with Gasteiger partial charge in [-0.25, -0.2) is 9.18 Å². The average Bonchev–Trinajstić information content (AvgIpc) is 2.70. The lowest BCUT2D eigenvalue weighted by atomic mass is 9.83. The average molecular weight is 430 g/mol. The SMILES string of the molecule is CC1=C(C(=O)OCC(C)C)C(c2ccccc2Cl)CC(=O)N1Cc1ccccc1F. The third-order valence-corrected chi connectivity index (χ3v) is 5.50. The Morgan fingerprint density at radius 3 is 2.53 bits per heavy atom. The number of allylic oxidation sites excluding steroid dienone is 1. The van der Waals surface area contributed by atoms with Gasteiger partial charge in [0, 0.05) is 28.6 Å². The van der Waals surface area contributed by atoms with Crippen LogP contribution < -0.4 is 0 Å². The van der Waals surface area contributed by atoms with E-state index in [4.69, 9.17) is 16.3 Å². The Balaban J connectivity index is 2.04. The molecule has 0 saturated carbocycles. The Hall–Kier alpha value is -2.66. The van der Waals surface area contributed by atoms with Crippen LogP contribution in [0.1, 0.15) is 44.2 Å². The molecule has 30 heavy (non-hydrogen) atoms. The summed E-state index contributed by atoms with van der Waals surface area (Å²) >= 11 is 6.39. The monoisotopic (exact) mass is 429 g/mol. The van der Waals surface area contributed by atoms with Gasteiger partial charge in [-0.05, 0) is 30.5 Å². The van der Waals surface area contributed by atoms with Crippen molar-refractivity contribution in [3.05, 3.63) is 81.8 Å². The summed E-state index contributed by atoms with van der Waals surface area (Å²) in [7, 11) is 0. The molecule has 0 saturated heterocycles. The highest BCUT2D eigenvalue weighted by Gasteiger charge is 2.38. The third kappa shape index (κ3) is 4.73. The van der Waals surface area contributed by atoms with Crippen molar-refractivity contribution in [3.63, 3.8) is 0 Å². The predicted octanol–water partition coefficient (Wildman–Crippen LogP) is 5.47. The number of carbonyl (C=O) groups is 2. The van der Waals surface area contributed by atoms with E-state index in [2.05, 4.69) is 0 Å². The molecule has 4 nitrogen and oxygen atoms in total. The van der Waals surface area contributed by atoms with Crippen LogP contribution in [0.3, 0.4) is 0 Å². The zero-order valence-corrected chi connectivity index (χ0v) is 18.1. The van der Waals surface area contributed by atoms with Crippen molar-refractivity contribution in [1.82, 2.24) is 4.90 Å². The van der Waals surface area contributed by atoms with Gasteiger partial charge in [0.1, 0.15) is 5.82 Å². The van der Waals surface area contributed by atoms with E-state index < -0.39 is 17.7 Å². The summed E-state index contributed by atoms with van der Waals surface area (Å²) in [6.07, 6.45) is 0.0572. The molecular weight excluding hydrogens is 405 g/mol. The van der Waals surface area contributed by atoms with Gasteiger partial charge >= 0.3 is 5.97 Å². The number of esters is 1. The maximum atomic E-state index is 14.2. The van der Waals surface area contributed by atoms with Crippen LogP contribution in [0.2, 0.25) is 5.02 Å². The Kier molecular flexibility index (Phi) is 6.93. The van der Waals surface area contributed by atoms with Gasteiger partial charge in [-0.15, -0.1) is 0 Å². The Morgan fingerprint density at radius 1 is 1.20 bits per heavy atom. The van der Waals surface area contributed by atoms with Gasteiger partial charge in [0.25, 0.3) is 0 Å². The van der Waals surface area contributed by atoms with E-state index in [1.54, 1.807) is 37.3 Å². The van der Waals surface area contributed by atoms with Gasteiger partial charge in [0.15, 0.2) is 0 Å². The Bertz CT molecular complexity index is 986. The lowest BCUT2D eigenvalue weighted by molar-refractivity contribution is -0.141. The minimum atomic E-state index is -0.511. The standard InChI is InChI=1S/C24H25ClFNO3/c1-15(2)14-30-24(29)23-16(3)27(13-17-8-4-7-11-21(17)26)22(28)12-19(23)18-9-5-6-10-20(18)25/h4-11,15,19H,12-14H2,1-3H3. The zero-order valence-electron chi connectivity index (χ0n) is 17.3. The fourth-order valence-corrected chi connectivity index (χ4v) is 3.88. The quantitative estimate of drug-likeness (QED) is 0.572. The summed E-state index contributed by atoms with van der Waals surface area (Å²) < 4.78 is 19.7. The lowest BCUT2D eigenvalue weighted by Gasteiger charge is -2.35. The molecule has 2 aromatic rings. The molecule has 1 heterocycles. The van der Waals surface area contributed by atoms with Crippen molar-refractivity contribution < 1.29 is 18.7 Å². The van der Waals surface area contributed by atoms with E-state index in [9.17, 15) is 14.0 Å². The molecule has 1 amide bonds. The lowest BCUT2D eigenvalue weighted by Crippen LogP contribution is -2.38. The van der Waals surface area contributed by atoms with Gasteiger partial charge in [-0.2, -0.15) is 0 Å². The summed E-state index contributed by atoms with van der Waals surface area (Å²) in [6.45, 7) is 5.93. The van der Waals surface area contributed by atoms with E-state index in [1.807, 2.05) is 26.0 Å². The van der Waals surface area contributed by atoms with Crippen LogP contribution in [0.15, 0.2) is 59.8 Å². The van der Waals surface area contributed by atoms with Crippen molar-refractivity contribution in [2.75, 3.05) is 6.61 Å². The second-order valence-electron chi connectivity index (χ2n) is 7.84. The third-order valence-electron chi connectivity index (χ3n) is 5.16. The molecule has 0 N–H and O–H groups in total. The molecule has 3 rings (SSSR count). The highest BCUT2D eigenvalue weighted by atomic mass is 35.5. The van der Waals surface area contributed by atoms with Crippen LogP contribution in [0.4, 0.5) is 4.39 Å². The normalized spacial score (nSPS) is 16.9. The first-order chi connectivity index (χ1) is 14.3.